The average molecular weight is 1050 g/mol. The van der Waals surface area contributed by atoms with E-state index in [2.05, 4.69) is 47.4 Å². The van der Waals surface area contributed by atoms with Gasteiger partial charge in [-0.3, -0.25) is 38.4 Å². The molecular formula is C50H80N8O16. The summed E-state index contributed by atoms with van der Waals surface area (Å²) in [5.74, 6) is -7.88. The first-order chi connectivity index (χ1) is 34.9. The zero-order valence-corrected chi connectivity index (χ0v) is 42.8. The fourth-order valence-corrected chi connectivity index (χ4v) is 9.77. The van der Waals surface area contributed by atoms with E-state index in [-0.39, 0.29) is 37.1 Å². The number of aliphatic hydroxyl groups is 7. The van der Waals surface area contributed by atoms with E-state index in [0.717, 1.165) is 67.4 Å². The van der Waals surface area contributed by atoms with E-state index >= 15 is 0 Å². The van der Waals surface area contributed by atoms with Crippen LogP contribution in [0.1, 0.15) is 136 Å². The van der Waals surface area contributed by atoms with Crippen LogP contribution in [0.2, 0.25) is 0 Å². The highest BCUT2D eigenvalue weighted by molar-refractivity contribution is 5.98. The Balaban J connectivity index is 1.67. The van der Waals surface area contributed by atoms with Gasteiger partial charge in [-0.1, -0.05) is 77.8 Å². The second kappa shape index (κ2) is 29.0. The highest BCUT2D eigenvalue weighted by Gasteiger charge is 2.47. The number of phenols is 1. The van der Waals surface area contributed by atoms with Crippen molar-refractivity contribution in [2.45, 2.75) is 203 Å². The highest BCUT2D eigenvalue weighted by atomic mass is 16.3. The Morgan fingerprint density at radius 2 is 1.32 bits per heavy atom. The van der Waals surface area contributed by atoms with Crippen LogP contribution in [-0.2, 0) is 38.4 Å². The molecule has 416 valence electrons. The van der Waals surface area contributed by atoms with E-state index in [1.807, 2.05) is 0 Å². The second-order valence-electron chi connectivity index (χ2n) is 20.4. The first kappa shape index (κ1) is 61.1. The Morgan fingerprint density at radius 3 is 1.96 bits per heavy atom. The van der Waals surface area contributed by atoms with Gasteiger partial charge in [0, 0.05) is 32.4 Å². The van der Waals surface area contributed by atoms with Crippen molar-refractivity contribution in [3.05, 3.63) is 29.8 Å². The number of hydrogen-bond donors (Lipinski definition) is 14. The van der Waals surface area contributed by atoms with Gasteiger partial charge in [0.25, 0.3) is 0 Å². The number of nitrogens with two attached hydrogens (primary N) is 1. The van der Waals surface area contributed by atoms with E-state index in [1.54, 1.807) is 0 Å². The fraction of sp³-hybridized carbons (Fsp3) is 0.720. The summed E-state index contributed by atoms with van der Waals surface area (Å²) in [6.07, 6.45) is -7.31. The minimum absolute atomic E-state index is 0.0496. The molecule has 74 heavy (non-hydrogen) atoms. The van der Waals surface area contributed by atoms with Crippen LogP contribution in [0.5, 0.6) is 5.75 Å². The largest absolute Gasteiger partial charge is 0.508 e. The lowest BCUT2D eigenvalue weighted by atomic mass is 9.91. The SMILES string of the molecule is CCC(C)CC(C)CCCCCCCCC(=O)NC1CC(O)C(O)NC(=O)C2CCCN2C(=O)C(C(O)CC(N)=O)NC(=O)C(C(O)C(O)c2ccc(O)cc2)NC(=O)C2CC(O)CN2C(=O)C(C(C)O)NC1=O. The van der Waals surface area contributed by atoms with Crippen molar-refractivity contribution in [1.82, 2.24) is 36.4 Å². The van der Waals surface area contributed by atoms with Gasteiger partial charge < -0.3 is 83.0 Å². The molecule has 1 aromatic rings. The molecule has 3 saturated heterocycles. The minimum atomic E-state index is -2.32. The number of hydrogen-bond acceptors (Lipinski definition) is 16. The number of carbonyl (C=O) groups is 8. The van der Waals surface area contributed by atoms with Crippen LogP contribution in [0.4, 0.5) is 0 Å². The van der Waals surface area contributed by atoms with Crippen LogP contribution in [0.25, 0.3) is 0 Å². The van der Waals surface area contributed by atoms with Gasteiger partial charge in [0.1, 0.15) is 60.3 Å². The first-order valence-corrected chi connectivity index (χ1v) is 25.9. The summed E-state index contributed by atoms with van der Waals surface area (Å²) >= 11 is 0. The van der Waals surface area contributed by atoms with E-state index in [9.17, 15) is 79.2 Å². The van der Waals surface area contributed by atoms with Crippen molar-refractivity contribution >= 4 is 47.3 Å². The molecule has 0 aliphatic carbocycles. The number of rotatable bonds is 20. The van der Waals surface area contributed by atoms with Crippen molar-refractivity contribution in [2.24, 2.45) is 17.6 Å². The summed E-state index contributed by atoms with van der Waals surface area (Å²) in [6.45, 7) is 7.09. The zero-order valence-electron chi connectivity index (χ0n) is 42.8. The maximum atomic E-state index is 14.4. The van der Waals surface area contributed by atoms with Crippen molar-refractivity contribution in [3.8, 4) is 5.75 Å². The third-order valence-electron chi connectivity index (χ3n) is 14.2. The summed E-state index contributed by atoms with van der Waals surface area (Å²) in [4.78, 5) is 112. The Kier molecular flexibility index (Phi) is 23.9. The summed E-state index contributed by atoms with van der Waals surface area (Å²) in [5, 5.41) is 99.6. The van der Waals surface area contributed by atoms with Gasteiger partial charge in [0.2, 0.25) is 47.3 Å². The van der Waals surface area contributed by atoms with Gasteiger partial charge in [0.15, 0.2) is 6.23 Å². The summed E-state index contributed by atoms with van der Waals surface area (Å²) in [5.41, 5.74) is 5.26. The molecule has 15 N–H and O–H groups in total. The average Bonchev–Trinajstić information content (AvgIpc) is 4.01. The number of amides is 8. The number of fused-ring (bicyclic) bond motifs is 2. The van der Waals surface area contributed by atoms with Gasteiger partial charge in [-0.05, 0) is 62.1 Å². The van der Waals surface area contributed by atoms with Gasteiger partial charge in [-0.25, -0.2) is 0 Å². The Morgan fingerprint density at radius 1 is 0.730 bits per heavy atom. The number of aromatic hydroxyl groups is 1. The molecule has 15 unspecified atom stereocenters. The van der Waals surface area contributed by atoms with Gasteiger partial charge in [0.05, 0.1) is 24.7 Å². The van der Waals surface area contributed by atoms with Gasteiger partial charge in [-0.15, -0.1) is 0 Å². The minimum Gasteiger partial charge on any atom is -0.508 e. The number of nitrogens with zero attached hydrogens (tertiary/aromatic N) is 2. The Labute approximate surface area is 431 Å². The molecule has 15 atom stereocenters. The number of unbranched alkanes of at least 4 members (excludes halogenated alkanes) is 5. The number of phenolic OH excluding ortho intramolecular Hbond substituents is 1. The van der Waals surface area contributed by atoms with Crippen molar-refractivity contribution in [1.29, 1.82) is 0 Å². The molecule has 3 aliphatic rings. The second-order valence-corrected chi connectivity index (χ2v) is 20.4. The lowest BCUT2D eigenvalue weighted by molar-refractivity contribution is -0.148. The zero-order chi connectivity index (χ0) is 55.0. The summed E-state index contributed by atoms with van der Waals surface area (Å²) in [6, 6.07) is -6.52. The maximum absolute atomic E-state index is 14.4. The lowest BCUT2D eigenvalue weighted by Crippen LogP contribution is -2.64. The smallest absolute Gasteiger partial charge is 0.248 e. The number of primary amides is 1. The van der Waals surface area contributed by atoms with E-state index in [0.29, 0.717) is 24.7 Å². The van der Waals surface area contributed by atoms with E-state index < -0.39 is 152 Å². The summed E-state index contributed by atoms with van der Waals surface area (Å²) in [7, 11) is 0. The normalized spacial score (nSPS) is 28.2. The van der Waals surface area contributed by atoms with Crippen LogP contribution in [0.3, 0.4) is 0 Å². The van der Waals surface area contributed by atoms with E-state index in [4.69, 9.17) is 5.73 Å². The third kappa shape index (κ3) is 17.6. The van der Waals surface area contributed by atoms with Crippen LogP contribution in [0.15, 0.2) is 24.3 Å². The highest BCUT2D eigenvalue weighted by Crippen LogP contribution is 2.26. The quantitative estimate of drug-likeness (QED) is 0.0610. The molecule has 0 radical (unpaired) electrons. The van der Waals surface area contributed by atoms with Crippen LogP contribution in [0, 0.1) is 11.8 Å². The molecule has 0 spiro atoms. The van der Waals surface area contributed by atoms with Gasteiger partial charge >= 0.3 is 0 Å². The Bertz CT molecular complexity index is 2070. The predicted octanol–water partition coefficient (Wildman–Crippen LogP) is -2.31. The van der Waals surface area contributed by atoms with Crippen molar-refractivity contribution in [2.75, 3.05) is 13.1 Å². The fourth-order valence-electron chi connectivity index (χ4n) is 9.77. The number of carbonyl (C=O) groups excluding carboxylic acids is 8. The molecule has 24 nitrogen and oxygen atoms in total. The van der Waals surface area contributed by atoms with Crippen LogP contribution < -0.4 is 32.3 Å². The first-order valence-electron chi connectivity index (χ1n) is 25.9. The maximum Gasteiger partial charge on any atom is 0.248 e. The molecule has 8 amide bonds. The van der Waals surface area contributed by atoms with Crippen molar-refractivity contribution < 1.29 is 79.2 Å². The molecule has 24 heteroatoms. The third-order valence-corrected chi connectivity index (χ3v) is 14.2. The molecule has 0 bridgehead atoms. The van der Waals surface area contributed by atoms with Gasteiger partial charge in [-0.2, -0.15) is 0 Å². The number of benzene rings is 1. The standard InChI is InChI=1S/C50H80N8O16/c1-5-26(2)21-27(3)13-10-8-6-7-9-11-15-38(65)52-32-23-36(63)47(71)56-45(69)33-14-12-20-57(33)50(74)40(35(62)24-37(51)64)54-48(72)41(43(67)42(66)29-16-18-30(60)19-17-29)55-46(70)34-22-31(61)25-58(34)49(73)39(28(4)59)53-44(32)68/h16-19,26-28,31-36,39-43,47,59-63,66-67,71H,5-15,20-25H2,1-4H3,(H2,51,64)(H,52,65)(H,53,68)(H,54,72)(H,55,70)(H,56,69). The molecule has 0 saturated carbocycles. The molecule has 3 aliphatic heterocycles. The Hall–Kier alpha value is -5.50. The monoisotopic (exact) mass is 1050 g/mol. The molecule has 4 rings (SSSR count). The lowest BCUT2D eigenvalue weighted by Gasteiger charge is -2.34. The molecule has 1 aromatic carbocycles. The van der Waals surface area contributed by atoms with Crippen LogP contribution in [-0.4, -0.2) is 184 Å². The number of nitrogens with one attached hydrogen (secondary N) is 5. The molecular weight excluding hydrogens is 969 g/mol. The summed E-state index contributed by atoms with van der Waals surface area (Å²) < 4.78 is 0. The topological polar surface area (TPSA) is 391 Å². The molecule has 0 aromatic heterocycles. The molecule has 3 fully saturated rings. The van der Waals surface area contributed by atoms with E-state index in [1.165, 1.54) is 18.6 Å². The van der Waals surface area contributed by atoms with Crippen molar-refractivity contribution in [3.63, 3.8) is 0 Å². The van der Waals surface area contributed by atoms with Crippen LogP contribution >= 0.6 is 0 Å². The molecule has 3 heterocycles. The predicted molar refractivity (Wildman–Crippen MR) is 264 cm³/mol. The number of aliphatic hydroxyl groups excluding tert-OH is 7.